The molecule has 19 heavy (non-hydrogen) atoms. The summed E-state index contributed by atoms with van der Waals surface area (Å²) < 4.78 is 6.63. The molecule has 1 heterocycles. The zero-order chi connectivity index (χ0) is 13.1. The van der Waals surface area contributed by atoms with E-state index in [4.69, 9.17) is 16.6 Å². The van der Waals surface area contributed by atoms with E-state index in [0.29, 0.717) is 0 Å². The monoisotopic (exact) mass is 264 g/mol. The summed E-state index contributed by atoms with van der Waals surface area (Å²) in [6, 6.07) is 19.8. The normalized spacial score (nSPS) is 11.2. The van der Waals surface area contributed by atoms with Crippen LogP contribution in [0.2, 0.25) is 0 Å². The zero-order valence-electron chi connectivity index (χ0n) is 10.2. The Morgan fingerprint density at radius 1 is 0.842 bits per heavy atom. The van der Waals surface area contributed by atoms with Crippen molar-refractivity contribution in [2.45, 2.75) is 0 Å². The van der Waals surface area contributed by atoms with Crippen molar-refractivity contribution >= 4 is 35.3 Å². The van der Waals surface area contributed by atoms with Crippen LogP contribution < -0.4 is 0 Å². The lowest BCUT2D eigenvalue weighted by molar-refractivity contribution is 0.592. The summed E-state index contributed by atoms with van der Waals surface area (Å²) in [4.78, 5) is 0. The highest BCUT2D eigenvalue weighted by atomic mass is 32.1. The standard InChI is InChI=1S/C17H12OS/c19-17-12-14(11-10-13-6-2-1-3-7-13)18-16-9-5-4-8-15(16)17/h1-12H. The van der Waals surface area contributed by atoms with Gasteiger partial charge in [0.2, 0.25) is 0 Å². The van der Waals surface area contributed by atoms with Crippen LogP contribution in [0.4, 0.5) is 0 Å². The molecule has 0 aliphatic rings. The summed E-state index contributed by atoms with van der Waals surface area (Å²) in [7, 11) is 0. The van der Waals surface area contributed by atoms with E-state index in [9.17, 15) is 0 Å². The fourth-order valence-electron chi connectivity index (χ4n) is 1.95. The largest absolute Gasteiger partial charge is 0.457 e. The van der Waals surface area contributed by atoms with Crippen LogP contribution in [-0.2, 0) is 0 Å². The summed E-state index contributed by atoms with van der Waals surface area (Å²) in [5.41, 5.74) is 1.96. The van der Waals surface area contributed by atoms with Crippen LogP contribution in [0.5, 0.6) is 0 Å². The van der Waals surface area contributed by atoms with Crippen molar-refractivity contribution in [3.63, 3.8) is 0 Å². The average molecular weight is 264 g/mol. The maximum absolute atomic E-state index is 5.81. The van der Waals surface area contributed by atoms with E-state index < -0.39 is 0 Å². The highest BCUT2D eigenvalue weighted by molar-refractivity contribution is 7.71. The second-order valence-corrected chi connectivity index (χ2v) is 4.69. The van der Waals surface area contributed by atoms with Crippen molar-refractivity contribution in [3.8, 4) is 0 Å². The van der Waals surface area contributed by atoms with Gasteiger partial charge in [0, 0.05) is 5.39 Å². The van der Waals surface area contributed by atoms with Crippen molar-refractivity contribution < 1.29 is 4.42 Å². The Hall–Kier alpha value is -2.19. The van der Waals surface area contributed by atoms with Gasteiger partial charge in [-0.15, -0.1) is 0 Å². The van der Waals surface area contributed by atoms with E-state index in [1.807, 2.05) is 72.8 Å². The van der Waals surface area contributed by atoms with Crippen LogP contribution in [0, 0.1) is 4.51 Å². The molecular weight excluding hydrogens is 252 g/mol. The van der Waals surface area contributed by atoms with Crippen molar-refractivity contribution in [3.05, 3.63) is 76.5 Å². The molecule has 0 aliphatic carbocycles. The lowest BCUT2D eigenvalue weighted by Crippen LogP contribution is -1.77. The molecule has 0 unspecified atom stereocenters. The summed E-state index contributed by atoms with van der Waals surface area (Å²) in [6.07, 6.45) is 3.96. The smallest absolute Gasteiger partial charge is 0.136 e. The highest BCUT2D eigenvalue weighted by Gasteiger charge is 1.98. The SMILES string of the molecule is S=c1cc(C=Cc2ccccc2)oc2ccccc12. The predicted octanol–water partition coefficient (Wildman–Crippen LogP) is 5.33. The van der Waals surface area contributed by atoms with E-state index in [1.54, 1.807) is 0 Å². The van der Waals surface area contributed by atoms with Crippen molar-refractivity contribution in [2.75, 3.05) is 0 Å². The first-order valence-electron chi connectivity index (χ1n) is 6.09. The fourth-order valence-corrected chi connectivity index (χ4v) is 2.23. The summed E-state index contributed by atoms with van der Waals surface area (Å²) in [5.74, 6) is 0.771. The molecule has 2 heteroatoms. The molecule has 0 aliphatic heterocycles. The molecule has 92 valence electrons. The second-order valence-electron chi connectivity index (χ2n) is 4.25. The third-order valence-electron chi connectivity index (χ3n) is 2.89. The van der Waals surface area contributed by atoms with Gasteiger partial charge < -0.3 is 4.42 Å². The molecule has 0 N–H and O–H groups in total. The van der Waals surface area contributed by atoms with E-state index in [-0.39, 0.29) is 0 Å². The number of para-hydroxylation sites is 1. The molecule has 0 spiro atoms. The van der Waals surface area contributed by atoms with E-state index in [0.717, 1.165) is 26.8 Å². The van der Waals surface area contributed by atoms with Crippen LogP contribution in [0.1, 0.15) is 11.3 Å². The number of hydrogen-bond acceptors (Lipinski definition) is 2. The lowest BCUT2D eigenvalue weighted by atomic mass is 10.2. The predicted molar refractivity (Wildman–Crippen MR) is 82.4 cm³/mol. The minimum atomic E-state index is 0.771. The molecular formula is C17H12OS. The average Bonchev–Trinajstić information content (AvgIpc) is 2.46. The quantitative estimate of drug-likeness (QED) is 0.580. The number of rotatable bonds is 2. The van der Waals surface area contributed by atoms with Crippen molar-refractivity contribution in [1.29, 1.82) is 0 Å². The molecule has 0 bridgehead atoms. The Labute approximate surface area is 116 Å². The molecule has 0 radical (unpaired) electrons. The zero-order valence-corrected chi connectivity index (χ0v) is 11.1. The summed E-state index contributed by atoms with van der Waals surface area (Å²) in [5, 5.41) is 0.981. The molecule has 1 aromatic heterocycles. The van der Waals surface area contributed by atoms with Gasteiger partial charge in [-0.1, -0.05) is 60.8 Å². The Bertz CT molecular complexity index is 785. The molecule has 0 amide bonds. The first-order chi connectivity index (χ1) is 9.33. The third-order valence-corrected chi connectivity index (χ3v) is 3.23. The summed E-state index contributed by atoms with van der Waals surface area (Å²) >= 11 is 5.38. The topological polar surface area (TPSA) is 13.1 Å². The molecule has 0 saturated heterocycles. The van der Waals surface area contributed by atoms with Crippen LogP contribution in [0.3, 0.4) is 0 Å². The maximum Gasteiger partial charge on any atom is 0.136 e. The first-order valence-corrected chi connectivity index (χ1v) is 6.50. The highest BCUT2D eigenvalue weighted by Crippen LogP contribution is 2.19. The van der Waals surface area contributed by atoms with Crippen LogP contribution >= 0.6 is 12.2 Å². The fraction of sp³-hybridized carbons (Fsp3) is 0. The minimum absolute atomic E-state index is 0.771. The van der Waals surface area contributed by atoms with Gasteiger partial charge in [-0.2, -0.15) is 0 Å². The maximum atomic E-state index is 5.81. The van der Waals surface area contributed by atoms with E-state index >= 15 is 0 Å². The number of hydrogen-bond donors (Lipinski definition) is 0. The molecule has 0 fully saturated rings. The van der Waals surface area contributed by atoms with Gasteiger partial charge in [-0.25, -0.2) is 0 Å². The van der Waals surface area contributed by atoms with Gasteiger partial charge in [0.25, 0.3) is 0 Å². The van der Waals surface area contributed by atoms with Gasteiger partial charge >= 0.3 is 0 Å². The molecule has 1 nitrogen and oxygen atoms in total. The molecule has 2 aromatic carbocycles. The third kappa shape index (κ3) is 2.64. The van der Waals surface area contributed by atoms with Crippen molar-refractivity contribution in [1.82, 2.24) is 0 Å². The van der Waals surface area contributed by atoms with Gasteiger partial charge in [0.15, 0.2) is 0 Å². The molecule has 3 rings (SSSR count). The van der Waals surface area contributed by atoms with Gasteiger partial charge in [0.05, 0.1) is 4.51 Å². The van der Waals surface area contributed by atoms with Crippen LogP contribution in [0.15, 0.2) is 65.1 Å². The molecule has 0 atom stereocenters. The van der Waals surface area contributed by atoms with E-state index in [2.05, 4.69) is 0 Å². The number of fused-ring (bicyclic) bond motifs is 1. The Morgan fingerprint density at radius 2 is 1.58 bits per heavy atom. The van der Waals surface area contributed by atoms with E-state index in [1.165, 1.54) is 0 Å². The van der Waals surface area contributed by atoms with Crippen LogP contribution in [-0.4, -0.2) is 0 Å². The molecule has 3 aromatic rings. The minimum Gasteiger partial charge on any atom is -0.457 e. The lowest BCUT2D eigenvalue weighted by Gasteiger charge is -1.99. The van der Waals surface area contributed by atoms with Crippen molar-refractivity contribution in [2.24, 2.45) is 0 Å². The Balaban J connectivity index is 2.02. The number of benzene rings is 2. The Morgan fingerprint density at radius 3 is 2.42 bits per heavy atom. The molecule has 0 saturated carbocycles. The van der Waals surface area contributed by atoms with Crippen LogP contribution in [0.25, 0.3) is 23.1 Å². The van der Waals surface area contributed by atoms with Gasteiger partial charge in [-0.05, 0) is 29.8 Å². The first kappa shape index (κ1) is 11.9. The second kappa shape index (κ2) is 5.21. The van der Waals surface area contributed by atoms with Gasteiger partial charge in [-0.3, -0.25) is 0 Å². The van der Waals surface area contributed by atoms with Gasteiger partial charge in [0.1, 0.15) is 11.3 Å². The Kier molecular flexibility index (Phi) is 3.25. The summed E-state index contributed by atoms with van der Waals surface area (Å²) in [6.45, 7) is 0.